The molecule has 0 saturated heterocycles. The smallest absolute Gasteiger partial charge is 0.406 e. The molecule has 0 saturated carbocycles. The Morgan fingerprint density at radius 3 is 2.40 bits per heavy atom. The Morgan fingerprint density at radius 1 is 1.40 bits per heavy atom. The van der Waals surface area contributed by atoms with E-state index in [-0.39, 0.29) is 10.6 Å². The zero-order valence-corrected chi connectivity index (χ0v) is 8.48. The van der Waals surface area contributed by atoms with Gasteiger partial charge < -0.3 is 4.74 Å². The maximum Gasteiger partial charge on any atom is 0.573 e. The summed E-state index contributed by atoms with van der Waals surface area (Å²) in [6.45, 7) is 1.50. The van der Waals surface area contributed by atoms with Gasteiger partial charge in [0.05, 0.1) is 4.90 Å². The molecule has 1 aromatic rings. The van der Waals surface area contributed by atoms with Crippen molar-refractivity contribution in [2.45, 2.75) is 18.2 Å². The van der Waals surface area contributed by atoms with Crippen molar-refractivity contribution >= 4 is 11.0 Å². The van der Waals surface area contributed by atoms with E-state index in [9.17, 15) is 17.4 Å². The lowest BCUT2D eigenvalue weighted by atomic mass is 10.2. The molecule has 0 fully saturated rings. The number of nitrogens with two attached hydrogens (primary N) is 1. The van der Waals surface area contributed by atoms with Crippen LogP contribution in [-0.2, 0) is 11.0 Å². The first-order chi connectivity index (χ1) is 6.79. The van der Waals surface area contributed by atoms with Crippen molar-refractivity contribution < 1.29 is 22.1 Å². The first-order valence-corrected chi connectivity index (χ1v) is 5.03. The lowest BCUT2D eigenvalue weighted by molar-refractivity contribution is -0.274. The Morgan fingerprint density at radius 2 is 2.00 bits per heavy atom. The van der Waals surface area contributed by atoms with Crippen LogP contribution in [0.5, 0.6) is 5.75 Å². The maximum absolute atomic E-state index is 11.8. The van der Waals surface area contributed by atoms with Gasteiger partial charge in [-0.15, -0.1) is 13.2 Å². The molecule has 15 heavy (non-hydrogen) atoms. The van der Waals surface area contributed by atoms with Gasteiger partial charge in [-0.2, -0.15) is 0 Å². The zero-order valence-electron chi connectivity index (χ0n) is 7.67. The normalized spacial score (nSPS) is 13.7. The van der Waals surface area contributed by atoms with Gasteiger partial charge in [-0.05, 0) is 30.7 Å². The fraction of sp³-hybridized carbons (Fsp3) is 0.250. The second-order valence-electron chi connectivity index (χ2n) is 2.77. The summed E-state index contributed by atoms with van der Waals surface area (Å²) in [5.74, 6) is -0.353. The van der Waals surface area contributed by atoms with Crippen LogP contribution in [-0.4, -0.2) is 10.6 Å². The number of aryl methyl sites for hydroxylation is 1. The molecule has 0 aliphatic rings. The lowest BCUT2D eigenvalue weighted by Crippen LogP contribution is -2.17. The Balaban J connectivity index is 2.97. The van der Waals surface area contributed by atoms with Gasteiger partial charge in [0, 0.05) is 0 Å². The highest BCUT2D eigenvalue weighted by atomic mass is 32.2. The van der Waals surface area contributed by atoms with Crippen LogP contribution in [0.4, 0.5) is 13.2 Å². The van der Waals surface area contributed by atoms with E-state index in [0.29, 0.717) is 5.56 Å². The number of ether oxygens (including phenoxy) is 1. The van der Waals surface area contributed by atoms with Crippen molar-refractivity contribution in [1.82, 2.24) is 0 Å². The van der Waals surface area contributed by atoms with Crippen LogP contribution in [0.3, 0.4) is 0 Å². The van der Waals surface area contributed by atoms with Gasteiger partial charge in [-0.1, -0.05) is 0 Å². The van der Waals surface area contributed by atoms with Crippen LogP contribution in [0, 0.1) is 6.92 Å². The third-order valence-electron chi connectivity index (χ3n) is 1.60. The molecule has 84 valence electrons. The van der Waals surface area contributed by atoms with Gasteiger partial charge in [-0.3, -0.25) is 0 Å². The van der Waals surface area contributed by atoms with Crippen molar-refractivity contribution in [2.75, 3.05) is 0 Å². The molecule has 7 heteroatoms. The molecule has 3 nitrogen and oxygen atoms in total. The summed E-state index contributed by atoms with van der Waals surface area (Å²) in [5.41, 5.74) is 0.387. The minimum absolute atomic E-state index is 0.282. The molecule has 1 rings (SSSR count). The number of rotatable bonds is 2. The molecule has 2 N–H and O–H groups in total. The predicted molar refractivity (Wildman–Crippen MR) is 48.5 cm³/mol. The summed E-state index contributed by atoms with van der Waals surface area (Å²) in [6, 6.07) is 3.45. The molecule has 0 radical (unpaired) electrons. The number of hydrogen-bond acceptors (Lipinski definition) is 2. The first-order valence-electron chi connectivity index (χ1n) is 3.82. The average molecular weight is 239 g/mol. The van der Waals surface area contributed by atoms with E-state index in [1.807, 2.05) is 0 Å². The topological polar surface area (TPSA) is 52.3 Å². The summed E-state index contributed by atoms with van der Waals surface area (Å²) in [5, 5.41) is 5.10. The summed E-state index contributed by atoms with van der Waals surface area (Å²) in [4.78, 5) is 0.282. The van der Waals surface area contributed by atoms with E-state index in [1.54, 1.807) is 0 Å². The fourth-order valence-corrected chi connectivity index (χ4v) is 1.62. The summed E-state index contributed by atoms with van der Waals surface area (Å²) < 4.78 is 50.0. The Kier molecular flexibility index (Phi) is 3.35. The third-order valence-corrected chi connectivity index (χ3v) is 2.49. The maximum atomic E-state index is 11.8. The Labute approximate surface area is 86.6 Å². The van der Waals surface area contributed by atoms with Crippen molar-refractivity contribution in [2.24, 2.45) is 5.14 Å². The quantitative estimate of drug-likeness (QED) is 0.856. The minimum atomic E-state index is -4.73. The largest absolute Gasteiger partial charge is 0.573 e. The monoisotopic (exact) mass is 239 g/mol. The highest BCUT2D eigenvalue weighted by Gasteiger charge is 2.31. The molecule has 0 aliphatic carbocycles. The fourth-order valence-electron chi connectivity index (χ4n) is 1.04. The van der Waals surface area contributed by atoms with Gasteiger partial charge in [0.1, 0.15) is 16.7 Å². The molecule has 1 unspecified atom stereocenters. The van der Waals surface area contributed by atoms with Crippen molar-refractivity contribution in [3.63, 3.8) is 0 Å². The highest BCUT2D eigenvalue weighted by Crippen LogP contribution is 2.25. The summed E-state index contributed by atoms with van der Waals surface area (Å²) >= 11 is 0. The second-order valence-corrected chi connectivity index (χ2v) is 3.81. The molecular weight excluding hydrogens is 231 g/mol. The molecule has 0 aliphatic heterocycles. The number of halogens is 3. The van der Waals surface area contributed by atoms with Crippen LogP contribution < -0.4 is 9.88 Å². The van der Waals surface area contributed by atoms with Crippen molar-refractivity contribution in [1.29, 1.82) is 0 Å². The van der Waals surface area contributed by atoms with E-state index in [2.05, 4.69) is 4.74 Å². The van der Waals surface area contributed by atoms with Crippen LogP contribution in [0.15, 0.2) is 23.1 Å². The minimum Gasteiger partial charge on any atom is -0.406 e. The molecule has 0 bridgehead atoms. The molecule has 0 heterocycles. The SMILES string of the molecule is Cc1cc(OC(F)(F)F)ccc1S(N)=O. The van der Waals surface area contributed by atoms with Crippen LogP contribution in [0.2, 0.25) is 0 Å². The molecule has 1 atom stereocenters. The number of alkyl halides is 3. The predicted octanol–water partition coefficient (Wildman–Crippen LogP) is 1.87. The van der Waals surface area contributed by atoms with E-state index in [0.717, 1.165) is 12.1 Å². The Bertz CT molecular complexity index is 392. The molecule has 0 amide bonds. The number of benzene rings is 1. The van der Waals surface area contributed by atoms with Gasteiger partial charge in [0.25, 0.3) is 0 Å². The van der Waals surface area contributed by atoms with E-state index >= 15 is 0 Å². The lowest BCUT2D eigenvalue weighted by Gasteiger charge is -2.10. The average Bonchev–Trinajstić information content (AvgIpc) is 1.99. The molecule has 1 aromatic carbocycles. The molecular formula is C8H8F3NO2S. The summed E-state index contributed by atoms with van der Waals surface area (Å²) in [7, 11) is -1.71. The number of hydrogen-bond donors (Lipinski definition) is 1. The van der Waals surface area contributed by atoms with E-state index < -0.39 is 17.3 Å². The first kappa shape index (κ1) is 12.0. The van der Waals surface area contributed by atoms with Gasteiger partial charge in [0.15, 0.2) is 0 Å². The van der Waals surface area contributed by atoms with Crippen LogP contribution in [0.1, 0.15) is 5.56 Å². The standard InChI is InChI=1S/C8H8F3NO2S/c1-5-4-6(14-8(9,10)11)2-3-7(5)15(12)13/h2-4H,12H2,1H3. The van der Waals surface area contributed by atoms with Gasteiger partial charge in [0.2, 0.25) is 0 Å². The Hall–Kier alpha value is -1.08. The van der Waals surface area contributed by atoms with Crippen molar-refractivity contribution in [3.8, 4) is 5.75 Å². The molecule has 0 spiro atoms. The van der Waals surface area contributed by atoms with Gasteiger partial charge in [-0.25, -0.2) is 9.35 Å². The zero-order chi connectivity index (χ0) is 11.6. The van der Waals surface area contributed by atoms with E-state index in [4.69, 9.17) is 5.14 Å². The van der Waals surface area contributed by atoms with Crippen LogP contribution in [0.25, 0.3) is 0 Å². The third kappa shape index (κ3) is 3.52. The van der Waals surface area contributed by atoms with Crippen LogP contribution >= 0.6 is 0 Å². The summed E-state index contributed by atoms with van der Waals surface area (Å²) in [6.07, 6.45) is -4.73. The van der Waals surface area contributed by atoms with Gasteiger partial charge >= 0.3 is 6.36 Å². The van der Waals surface area contributed by atoms with E-state index in [1.165, 1.54) is 13.0 Å². The highest BCUT2D eigenvalue weighted by molar-refractivity contribution is 7.82. The second kappa shape index (κ2) is 4.19. The van der Waals surface area contributed by atoms with Crippen molar-refractivity contribution in [3.05, 3.63) is 23.8 Å². The molecule has 0 aromatic heterocycles.